The highest BCUT2D eigenvalue weighted by Gasteiger charge is 2.15. The molecule has 1 N–H and O–H groups in total. The number of hydrogen-bond acceptors (Lipinski definition) is 6. The lowest BCUT2D eigenvalue weighted by Crippen LogP contribution is -2.16. The first-order valence-corrected chi connectivity index (χ1v) is 7.50. The van der Waals surface area contributed by atoms with Crippen LogP contribution in [0.3, 0.4) is 0 Å². The summed E-state index contributed by atoms with van der Waals surface area (Å²) in [6.07, 6.45) is 0.532. The fourth-order valence-electron chi connectivity index (χ4n) is 1.51. The molecule has 0 fully saturated rings. The van der Waals surface area contributed by atoms with Crippen molar-refractivity contribution >= 4 is 16.0 Å². The maximum atomic E-state index is 11.9. The maximum absolute atomic E-state index is 11.9. The van der Waals surface area contributed by atoms with E-state index in [0.717, 1.165) is 0 Å². The Morgan fingerprint density at radius 3 is 2.60 bits per heavy atom. The molecule has 0 aliphatic carbocycles. The molecule has 104 valence electrons. The van der Waals surface area contributed by atoms with E-state index >= 15 is 0 Å². The molecule has 7 nitrogen and oxygen atoms in total. The predicted molar refractivity (Wildman–Crippen MR) is 71.1 cm³/mol. The van der Waals surface area contributed by atoms with Gasteiger partial charge < -0.3 is 4.52 Å². The molecule has 1 aromatic heterocycles. The highest BCUT2D eigenvalue weighted by molar-refractivity contribution is 7.91. The van der Waals surface area contributed by atoms with E-state index in [1.807, 2.05) is 13.0 Å². The van der Waals surface area contributed by atoms with Crippen LogP contribution < -0.4 is 4.72 Å². The van der Waals surface area contributed by atoms with Crippen molar-refractivity contribution in [2.45, 2.75) is 19.1 Å². The highest BCUT2D eigenvalue weighted by Crippen LogP contribution is 2.11. The smallest absolute Gasteiger partial charge is 0.277 e. The van der Waals surface area contributed by atoms with Crippen molar-refractivity contribution in [2.24, 2.45) is 0 Å². The Balaban J connectivity index is 2.08. The summed E-state index contributed by atoms with van der Waals surface area (Å²) in [6, 6.07) is 8.27. The number of rotatable bonds is 5. The molecule has 2 aromatic rings. The van der Waals surface area contributed by atoms with E-state index in [4.69, 9.17) is 9.78 Å². The van der Waals surface area contributed by atoms with Crippen molar-refractivity contribution in [1.82, 2.24) is 10.1 Å². The SMILES string of the molecule is CCc1nc(NS(=O)(=O)Cc2ccc(C#N)cc2)no1. The van der Waals surface area contributed by atoms with Crippen LogP contribution in [0.4, 0.5) is 5.95 Å². The molecule has 0 amide bonds. The largest absolute Gasteiger partial charge is 0.337 e. The van der Waals surface area contributed by atoms with Crippen molar-refractivity contribution < 1.29 is 12.9 Å². The van der Waals surface area contributed by atoms with Crippen molar-refractivity contribution in [3.8, 4) is 6.07 Å². The van der Waals surface area contributed by atoms with Gasteiger partial charge in [0, 0.05) is 6.42 Å². The van der Waals surface area contributed by atoms with Gasteiger partial charge in [0.05, 0.1) is 17.4 Å². The topological polar surface area (TPSA) is 109 Å². The Labute approximate surface area is 116 Å². The molecule has 0 radical (unpaired) electrons. The van der Waals surface area contributed by atoms with Crippen LogP contribution in [-0.2, 0) is 22.2 Å². The average Bonchev–Trinajstić information content (AvgIpc) is 2.86. The van der Waals surface area contributed by atoms with E-state index in [9.17, 15) is 8.42 Å². The lowest BCUT2D eigenvalue weighted by atomic mass is 10.2. The molecule has 0 aliphatic rings. The summed E-state index contributed by atoms with van der Waals surface area (Å²) in [5.41, 5.74) is 1.04. The van der Waals surface area contributed by atoms with Crippen LogP contribution >= 0.6 is 0 Å². The molecule has 0 saturated heterocycles. The van der Waals surface area contributed by atoms with Crippen molar-refractivity contribution in [2.75, 3.05) is 4.72 Å². The summed E-state index contributed by atoms with van der Waals surface area (Å²) >= 11 is 0. The second kappa shape index (κ2) is 5.71. The number of aryl methyl sites for hydroxylation is 1. The molecule has 0 bridgehead atoms. The van der Waals surface area contributed by atoms with Crippen LogP contribution in [0.25, 0.3) is 0 Å². The van der Waals surface area contributed by atoms with Crippen molar-refractivity contribution in [3.63, 3.8) is 0 Å². The van der Waals surface area contributed by atoms with E-state index in [2.05, 4.69) is 14.9 Å². The highest BCUT2D eigenvalue weighted by atomic mass is 32.2. The van der Waals surface area contributed by atoms with Gasteiger partial charge in [-0.1, -0.05) is 19.1 Å². The minimum Gasteiger partial charge on any atom is -0.337 e. The molecule has 0 atom stereocenters. The standard InChI is InChI=1S/C12H12N4O3S/c1-2-11-14-12(15-19-11)16-20(17,18)8-10-5-3-9(7-13)4-6-10/h3-6H,2,8H2,1H3,(H,15,16). The van der Waals surface area contributed by atoms with Gasteiger partial charge in [-0.05, 0) is 22.9 Å². The number of sulfonamides is 1. The molecule has 0 unspecified atom stereocenters. The first-order chi connectivity index (χ1) is 9.52. The fraction of sp³-hybridized carbons (Fsp3) is 0.250. The molecular formula is C12H12N4O3S. The van der Waals surface area contributed by atoms with Gasteiger partial charge in [-0.15, -0.1) is 0 Å². The van der Waals surface area contributed by atoms with Gasteiger partial charge in [0.15, 0.2) is 0 Å². The molecular weight excluding hydrogens is 280 g/mol. The van der Waals surface area contributed by atoms with E-state index in [0.29, 0.717) is 23.4 Å². The van der Waals surface area contributed by atoms with Gasteiger partial charge >= 0.3 is 0 Å². The first-order valence-electron chi connectivity index (χ1n) is 5.84. The summed E-state index contributed by atoms with van der Waals surface area (Å²) < 4.78 is 30.9. The van der Waals surface area contributed by atoms with Gasteiger partial charge in [0.25, 0.3) is 5.95 Å². The Morgan fingerprint density at radius 2 is 2.05 bits per heavy atom. The Morgan fingerprint density at radius 1 is 1.35 bits per heavy atom. The first kappa shape index (κ1) is 14.0. The number of anilines is 1. The third-order valence-corrected chi connectivity index (χ3v) is 3.66. The third kappa shape index (κ3) is 3.55. The molecule has 8 heteroatoms. The second-order valence-corrected chi connectivity index (χ2v) is 5.76. The third-order valence-electron chi connectivity index (χ3n) is 2.46. The summed E-state index contributed by atoms with van der Waals surface area (Å²) in [6.45, 7) is 1.82. The number of hydrogen-bond donors (Lipinski definition) is 1. The van der Waals surface area contributed by atoms with Gasteiger partial charge in [0.2, 0.25) is 15.9 Å². The van der Waals surface area contributed by atoms with Gasteiger partial charge in [-0.3, -0.25) is 0 Å². The van der Waals surface area contributed by atoms with E-state index in [-0.39, 0.29) is 11.7 Å². The zero-order valence-electron chi connectivity index (χ0n) is 10.7. The van der Waals surface area contributed by atoms with E-state index in [1.54, 1.807) is 24.3 Å². The van der Waals surface area contributed by atoms with Crippen LogP contribution in [0.2, 0.25) is 0 Å². The van der Waals surface area contributed by atoms with Gasteiger partial charge in [-0.25, -0.2) is 13.1 Å². The zero-order chi connectivity index (χ0) is 14.6. The monoisotopic (exact) mass is 292 g/mol. The van der Waals surface area contributed by atoms with Gasteiger partial charge in [-0.2, -0.15) is 10.2 Å². The molecule has 0 aliphatic heterocycles. The molecule has 1 aromatic carbocycles. The Hall–Kier alpha value is -2.40. The summed E-state index contributed by atoms with van der Waals surface area (Å²) in [5, 5.41) is 12.2. The van der Waals surface area contributed by atoms with Crippen molar-refractivity contribution in [1.29, 1.82) is 5.26 Å². The number of aromatic nitrogens is 2. The van der Waals surface area contributed by atoms with Crippen molar-refractivity contribution in [3.05, 3.63) is 41.3 Å². The normalized spacial score (nSPS) is 11.0. The fourth-order valence-corrected chi connectivity index (χ4v) is 2.57. The van der Waals surface area contributed by atoms with Crippen LogP contribution in [0.5, 0.6) is 0 Å². The minimum absolute atomic E-state index is 0.0736. The predicted octanol–water partition coefficient (Wildman–Crippen LogP) is 1.45. The zero-order valence-corrected chi connectivity index (χ0v) is 11.5. The molecule has 0 spiro atoms. The van der Waals surface area contributed by atoms with Crippen LogP contribution in [0, 0.1) is 11.3 Å². The summed E-state index contributed by atoms with van der Waals surface area (Å²) in [7, 11) is -3.62. The summed E-state index contributed by atoms with van der Waals surface area (Å²) in [5.74, 6) is 0.0610. The number of nitrogens with one attached hydrogen (secondary N) is 1. The number of nitrogens with zero attached hydrogens (tertiary/aromatic N) is 3. The van der Waals surface area contributed by atoms with E-state index in [1.165, 1.54) is 0 Å². The van der Waals surface area contributed by atoms with Crippen LogP contribution in [-0.4, -0.2) is 18.6 Å². The van der Waals surface area contributed by atoms with E-state index < -0.39 is 10.0 Å². The lowest BCUT2D eigenvalue weighted by molar-refractivity contribution is 0.383. The quantitative estimate of drug-likeness (QED) is 0.893. The molecule has 2 rings (SSSR count). The maximum Gasteiger partial charge on any atom is 0.277 e. The number of benzene rings is 1. The molecule has 0 saturated carbocycles. The molecule has 20 heavy (non-hydrogen) atoms. The van der Waals surface area contributed by atoms with Crippen LogP contribution in [0.15, 0.2) is 28.8 Å². The Kier molecular flexibility index (Phi) is 4.00. The molecule has 1 heterocycles. The lowest BCUT2D eigenvalue weighted by Gasteiger charge is -2.04. The average molecular weight is 292 g/mol. The second-order valence-electron chi connectivity index (χ2n) is 4.04. The van der Waals surface area contributed by atoms with Gasteiger partial charge in [0.1, 0.15) is 0 Å². The number of nitriles is 1. The minimum atomic E-state index is -3.62. The Bertz CT molecular complexity index is 729. The summed E-state index contributed by atoms with van der Waals surface area (Å²) in [4.78, 5) is 3.87. The van der Waals surface area contributed by atoms with Crippen LogP contribution in [0.1, 0.15) is 23.9 Å².